The maximum atomic E-state index is 5.42. The molecule has 0 aromatic carbocycles. The van der Waals surface area contributed by atoms with E-state index in [1.807, 2.05) is 12.1 Å². The lowest BCUT2D eigenvalue weighted by atomic mass is 10.2. The minimum atomic E-state index is 0.338. The van der Waals surface area contributed by atoms with Crippen molar-refractivity contribution in [3.8, 4) is 0 Å². The van der Waals surface area contributed by atoms with Crippen molar-refractivity contribution in [3.63, 3.8) is 0 Å². The van der Waals surface area contributed by atoms with Gasteiger partial charge in [0.15, 0.2) is 0 Å². The number of hydrogen-bond donors (Lipinski definition) is 1. The van der Waals surface area contributed by atoms with Crippen LogP contribution in [0.2, 0.25) is 0 Å². The molecule has 1 aromatic rings. The number of ether oxygens (including phenoxy) is 2. The van der Waals surface area contributed by atoms with Gasteiger partial charge in [0.05, 0.1) is 19.8 Å². The molecule has 90 valence electrons. The van der Waals surface area contributed by atoms with Gasteiger partial charge in [-0.3, -0.25) is 4.98 Å². The summed E-state index contributed by atoms with van der Waals surface area (Å²) in [6, 6.07) is 4.35. The molecule has 0 aliphatic rings. The highest BCUT2D eigenvalue weighted by atomic mass is 16.5. The summed E-state index contributed by atoms with van der Waals surface area (Å²) in [6.45, 7) is 4.95. The van der Waals surface area contributed by atoms with Crippen LogP contribution in [-0.2, 0) is 16.0 Å². The highest BCUT2D eigenvalue weighted by Gasteiger charge is 2.01. The molecule has 0 amide bonds. The molecule has 1 unspecified atom stereocenters. The van der Waals surface area contributed by atoms with Crippen molar-refractivity contribution in [1.29, 1.82) is 0 Å². The lowest BCUT2D eigenvalue weighted by Crippen LogP contribution is -2.30. The number of nitrogens with zero attached hydrogens (tertiary/aromatic N) is 1. The number of methoxy groups -OCH3 is 1. The molecule has 0 saturated carbocycles. The number of pyridine rings is 1. The molecule has 0 aliphatic carbocycles. The maximum absolute atomic E-state index is 5.42. The Hall–Kier alpha value is -0.970. The van der Waals surface area contributed by atoms with Crippen LogP contribution in [0.15, 0.2) is 24.5 Å². The van der Waals surface area contributed by atoms with Crippen molar-refractivity contribution in [1.82, 2.24) is 10.3 Å². The summed E-state index contributed by atoms with van der Waals surface area (Å²) in [5, 5.41) is 3.38. The van der Waals surface area contributed by atoms with E-state index < -0.39 is 0 Å². The molecular formula is C12H20N2O2. The Morgan fingerprint density at radius 3 is 2.75 bits per heavy atom. The highest BCUT2D eigenvalue weighted by molar-refractivity contribution is 5.09. The van der Waals surface area contributed by atoms with Gasteiger partial charge >= 0.3 is 0 Å². The highest BCUT2D eigenvalue weighted by Crippen LogP contribution is 1.96. The fraction of sp³-hybridized carbons (Fsp3) is 0.583. The van der Waals surface area contributed by atoms with E-state index in [2.05, 4.69) is 17.2 Å². The number of hydrogen-bond acceptors (Lipinski definition) is 4. The predicted molar refractivity (Wildman–Crippen MR) is 63.2 cm³/mol. The third-order valence-corrected chi connectivity index (χ3v) is 2.20. The van der Waals surface area contributed by atoms with Crippen LogP contribution in [0.25, 0.3) is 0 Å². The zero-order chi connectivity index (χ0) is 11.6. The smallest absolute Gasteiger partial charge is 0.0701 e. The van der Waals surface area contributed by atoms with E-state index in [0.29, 0.717) is 25.9 Å². The molecule has 4 heteroatoms. The molecule has 1 atom stereocenters. The summed E-state index contributed by atoms with van der Waals surface area (Å²) in [4.78, 5) is 3.98. The average molecular weight is 224 g/mol. The van der Waals surface area contributed by atoms with Crippen LogP contribution < -0.4 is 5.32 Å². The minimum Gasteiger partial charge on any atom is -0.382 e. The van der Waals surface area contributed by atoms with Gasteiger partial charge in [0.25, 0.3) is 0 Å². The third kappa shape index (κ3) is 5.80. The Labute approximate surface area is 97.0 Å². The quantitative estimate of drug-likeness (QED) is 0.674. The van der Waals surface area contributed by atoms with E-state index >= 15 is 0 Å². The van der Waals surface area contributed by atoms with Gasteiger partial charge in [0, 0.05) is 32.1 Å². The van der Waals surface area contributed by atoms with Gasteiger partial charge in [-0.15, -0.1) is 0 Å². The molecule has 0 fully saturated rings. The summed E-state index contributed by atoms with van der Waals surface area (Å²) in [7, 11) is 1.68. The summed E-state index contributed by atoms with van der Waals surface area (Å²) in [6.07, 6.45) is 3.60. The Morgan fingerprint density at radius 1 is 1.31 bits per heavy atom. The molecule has 1 aromatic heterocycles. The second-order valence-corrected chi connectivity index (χ2v) is 3.71. The van der Waals surface area contributed by atoms with Gasteiger partial charge in [0.2, 0.25) is 0 Å². The minimum absolute atomic E-state index is 0.338. The number of rotatable bonds is 8. The van der Waals surface area contributed by atoms with Crippen molar-refractivity contribution >= 4 is 0 Å². The summed E-state index contributed by atoms with van der Waals surface area (Å²) >= 11 is 0. The van der Waals surface area contributed by atoms with Crippen molar-refractivity contribution in [3.05, 3.63) is 30.1 Å². The van der Waals surface area contributed by atoms with Gasteiger partial charge in [-0.1, -0.05) is 0 Å². The SMILES string of the molecule is COCCOCC(C)NCc1ccncc1. The summed E-state index contributed by atoms with van der Waals surface area (Å²) in [5.74, 6) is 0. The first-order valence-corrected chi connectivity index (χ1v) is 5.52. The van der Waals surface area contributed by atoms with E-state index in [9.17, 15) is 0 Å². The van der Waals surface area contributed by atoms with Crippen LogP contribution in [0.4, 0.5) is 0 Å². The Balaban J connectivity index is 2.08. The van der Waals surface area contributed by atoms with Crippen LogP contribution in [0, 0.1) is 0 Å². The maximum Gasteiger partial charge on any atom is 0.0701 e. The fourth-order valence-corrected chi connectivity index (χ4v) is 1.25. The first kappa shape index (κ1) is 13.1. The van der Waals surface area contributed by atoms with Crippen LogP contribution in [0.3, 0.4) is 0 Å². The van der Waals surface area contributed by atoms with Gasteiger partial charge in [-0.05, 0) is 24.6 Å². The molecule has 0 spiro atoms. The van der Waals surface area contributed by atoms with Crippen molar-refractivity contribution < 1.29 is 9.47 Å². The molecule has 1 rings (SSSR count). The molecule has 1 N–H and O–H groups in total. The number of aromatic nitrogens is 1. The number of nitrogens with one attached hydrogen (secondary N) is 1. The zero-order valence-corrected chi connectivity index (χ0v) is 9.98. The Kier molecular flexibility index (Phi) is 6.72. The lowest BCUT2D eigenvalue weighted by Gasteiger charge is -2.13. The van der Waals surface area contributed by atoms with Crippen LogP contribution in [0.1, 0.15) is 12.5 Å². The molecule has 0 radical (unpaired) electrons. The molecule has 0 aliphatic heterocycles. The van der Waals surface area contributed by atoms with E-state index in [1.165, 1.54) is 5.56 Å². The molecule has 1 heterocycles. The first-order valence-electron chi connectivity index (χ1n) is 5.52. The molecule has 16 heavy (non-hydrogen) atoms. The Morgan fingerprint density at radius 2 is 2.06 bits per heavy atom. The van der Waals surface area contributed by atoms with Crippen LogP contribution in [-0.4, -0.2) is 38.0 Å². The Bertz CT molecular complexity index is 267. The lowest BCUT2D eigenvalue weighted by molar-refractivity contribution is 0.0608. The van der Waals surface area contributed by atoms with Gasteiger partial charge in [-0.2, -0.15) is 0 Å². The van der Waals surface area contributed by atoms with Gasteiger partial charge < -0.3 is 14.8 Å². The van der Waals surface area contributed by atoms with E-state index in [4.69, 9.17) is 9.47 Å². The van der Waals surface area contributed by atoms with E-state index in [1.54, 1.807) is 19.5 Å². The topological polar surface area (TPSA) is 43.4 Å². The normalized spacial score (nSPS) is 12.6. The monoisotopic (exact) mass is 224 g/mol. The zero-order valence-electron chi connectivity index (χ0n) is 9.98. The largest absolute Gasteiger partial charge is 0.382 e. The van der Waals surface area contributed by atoms with Crippen LogP contribution >= 0.6 is 0 Å². The van der Waals surface area contributed by atoms with Gasteiger partial charge in [-0.25, -0.2) is 0 Å². The second kappa shape index (κ2) is 8.21. The average Bonchev–Trinajstić information content (AvgIpc) is 2.33. The van der Waals surface area contributed by atoms with Gasteiger partial charge in [0.1, 0.15) is 0 Å². The molecule has 4 nitrogen and oxygen atoms in total. The third-order valence-electron chi connectivity index (χ3n) is 2.20. The first-order chi connectivity index (χ1) is 7.83. The van der Waals surface area contributed by atoms with Crippen molar-refractivity contribution in [2.75, 3.05) is 26.9 Å². The van der Waals surface area contributed by atoms with Crippen molar-refractivity contribution in [2.24, 2.45) is 0 Å². The second-order valence-electron chi connectivity index (χ2n) is 3.71. The fourth-order valence-electron chi connectivity index (χ4n) is 1.25. The van der Waals surface area contributed by atoms with Crippen molar-refractivity contribution in [2.45, 2.75) is 19.5 Å². The summed E-state index contributed by atoms with van der Waals surface area (Å²) in [5.41, 5.74) is 1.23. The summed E-state index contributed by atoms with van der Waals surface area (Å²) < 4.78 is 10.3. The molecular weight excluding hydrogens is 204 g/mol. The molecule has 0 bridgehead atoms. The van der Waals surface area contributed by atoms with E-state index in [0.717, 1.165) is 6.54 Å². The van der Waals surface area contributed by atoms with E-state index in [-0.39, 0.29) is 0 Å². The van der Waals surface area contributed by atoms with Crippen LogP contribution in [0.5, 0.6) is 0 Å². The molecule has 0 saturated heterocycles. The standard InChI is InChI=1S/C12H20N2O2/c1-11(10-16-8-7-15-2)14-9-12-3-5-13-6-4-12/h3-6,11,14H,7-10H2,1-2H3. The predicted octanol–water partition coefficient (Wildman–Crippen LogP) is 1.22.